The molecule has 0 radical (unpaired) electrons. The van der Waals surface area contributed by atoms with E-state index >= 15 is 0 Å². The first kappa shape index (κ1) is 11.0. The quantitative estimate of drug-likeness (QED) is 0.554. The Hall–Kier alpha value is -1.50. The number of hydrogen-bond donors (Lipinski definition) is 1. The van der Waals surface area contributed by atoms with E-state index in [0.717, 1.165) is 24.9 Å². The van der Waals surface area contributed by atoms with Gasteiger partial charge in [-0.15, -0.1) is 0 Å². The second-order valence-corrected chi connectivity index (χ2v) is 4.45. The summed E-state index contributed by atoms with van der Waals surface area (Å²) in [7, 11) is 0. The third kappa shape index (κ3) is 2.54. The summed E-state index contributed by atoms with van der Waals surface area (Å²) in [5.41, 5.74) is 9.55. The molecule has 84 valence electrons. The average Bonchev–Trinajstić information content (AvgIpc) is 2.22. The van der Waals surface area contributed by atoms with Crippen LogP contribution in [0.15, 0.2) is 42.5 Å². The highest BCUT2D eigenvalue weighted by molar-refractivity contribution is 5.51. The average molecular weight is 213 g/mol. The number of allylic oxidation sites excluding steroid dienone is 4. The molecule has 0 bridgehead atoms. The summed E-state index contributed by atoms with van der Waals surface area (Å²) in [6, 6.07) is 6.31. The fourth-order valence-corrected chi connectivity index (χ4v) is 2.18. The first-order valence-corrected chi connectivity index (χ1v) is 5.95. The Morgan fingerprint density at radius 3 is 2.94 bits per heavy atom. The zero-order valence-corrected chi connectivity index (χ0v) is 9.82. The molecule has 1 nitrogen and oxygen atoms in total. The van der Waals surface area contributed by atoms with E-state index in [2.05, 4.69) is 43.4 Å². The maximum atomic E-state index is 6.06. The zero-order chi connectivity index (χ0) is 11.4. The second-order valence-electron chi connectivity index (χ2n) is 4.45. The minimum Gasteiger partial charge on any atom is -0.398 e. The molecule has 2 N–H and O–H groups in total. The van der Waals surface area contributed by atoms with Crippen molar-refractivity contribution in [3.63, 3.8) is 0 Å². The molecule has 16 heavy (non-hydrogen) atoms. The first-order valence-electron chi connectivity index (χ1n) is 5.95. The van der Waals surface area contributed by atoms with Crippen molar-refractivity contribution in [2.24, 2.45) is 0 Å². The molecule has 0 amide bonds. The number of nitrogens with two attached hydrogens (primary N) is 1. The van der Waals surface area contributed by atoms with E-state index in [1.165, 1.54) is 11.1 Å². The molecule has 1 aliphatic carbocycles. The lowest BCUT2D eigenvalue weighted by Gasteiger charge is -2.16. The number of hydrogen-bond acceptors (Lipinski definition) is 1. The SMILES string of the molecule is Cc1ccc(N)c(C2/C=C\C/C=C\CC2)c1. The van der Waals surface area contributed by atoms with Crippen molar-refractivity contribution in [2.75, 3.05) is 5.73 Å². The molecule has 1 heteroatoms. The van der Waals surface area contributed by atoms with Crippen molar-refractivity contribution < 1.29 is 0 Å². The van der Waals surface area contributed by atoms with Crippen LogP contribution in [0.4, 0.5) is 5.69 Å². The van der Waals surface area contributed by atoms with Crippen LogP contribution in [0.2, 0.25) is 0 Å². The maximum absolute atomic E-state index is 6.06. The van der Waals surface area contributed by atoms with E-state index < -0.39 is 0 Å². The van der Waals surface area contributed by atoms with Gasteiger partial charge in [0, 0.05) is 11.6 Å². The van der Waals surface area contributed by atoms with Crippen molar-refractivity contribution in [1.29, 1.82) is 0 Å². The Bertz CT molecular complexity index is 415. The van der Waals surface area contributed by atoms with E-state index in [4.69, 9.17) is 5.73 Å². The van der Waals surface area contributed by atoms with E-state index in [1.807, 2.05) is 6.07 Å². The third-order valence-electron chi connectivity index (χ3n) is 3.09. The zero-order valence-electron chi connectivity index (χ0n) is 9.82. The standard InChI is InChI=1S/C15H19N/c1-12-9-10-15(16)14(11-12)13-7-5-3-2-4-6-8-13/h2-3,6,8-11,13H,4-5,7,16H2,1H3/b3-2-,8-6-. The van der Waals surface area contributed by atoms with Crippen LogP contribution in [0.5, 0.6) is 0 Å². The molecule has 0 saturated heterocycles. The summed E-state index contributed by atoms with van der Waals surface area (Å²) >= 11 is 0. The lowest BCUT2D eigenvalue weighted by atomic mass is 9.90. The number of anilines is 1. The first-order chi connectivity index (χ1) is 7.77. The Balaban J connectivity index is 2.28. The summed E-state index contributed by atoms with van der Waals surface area (Å²) in [6.45, 7) is 2.12. The monoisotopic (exact) mass is 213 g/mol. The number of benzene rings is 1. The smallest absolute Gasteiger partial charge is 0.0352 e. The molecule has 0 spiro atoms. The van der Waals surface area contributed by atoms with Gasteiger partial charge in [-0.2, -0.15) is 0 Å². The van der Waals surface area contributed by atoms with E-state index in [1.54, 1.807) is 0 Å². The van der Waals surface area contributed by atoms with Crippen molar-refractivity contribution in [1.82, 2.24) is 0 Å². The summed E-state index contributed by atoms with van der Waals surface area (Å²) < 4.78 is 0. The van der Waals surface area contributed by atoms with Crippen LogP contribution in [0.3, 0.4) is 0 Å². The van der Waals surface area contributed by atoms with Crippen LogP contribution >= 0.6 is 0 Å². The summed E-state index contributed by atoms with van der Waals surface area (Å²) in [6.07, 6.45) is 12.4. The van der Waals surface area contributed by atoms with Gasteiger partial charge >= 0.3 is 0 Å². The van der Waals surface area contributed by atoms with Crippen molar-refractivity contribution in [3.05, 3.63) is 53.6 Å². The normalized spacial score (nSPS) is 24.4. The topological polar surface area (TPSA) is 26.0 Å². The molecular formula is C15H19N. The van der Waals surface area contributed by atoms with Crippen LogP contribution in [0.25, 0.3) is 0 Å². The van der Waals surface area contributed by atoms with Crippen LogP contribution in [-0.2, 0) is 0 Å². The van der Waals surface area contributed by atoms with Gasteiger partial charge in [0.15, 0.2) is 0 Å². The van der Waals surface area contributed by atoms with Gasteiger partial charge in [-0.25, -0.2) is 0 Å². The highest BCUT2D eigenvalue weighted by Gasteiger charge is 2.11. The molecule has 1 atom stereocenters. The molecule has 2 rings (SSSR count). The van der Waals surface area contributed by atoms with Gasteiger partial charge < -0.3 is 5.73 Å². The summed E-state index contributed by atoms with van der Waals surface area (Å²) in [4.78, 5) is 0. The summed E-state index contributed by atoms with van der Waals surface area (Å²) in [5.74, 6) is 0.477. The molecule has 1 aromatic rings. The molecule has 0 fully saturated rings. The third-order valence-corrected chi connectivity index (χ3v) is 3.09. The molecule has 0 aliphatic heterocycles. The van der Waals surface area contributed by atoms with E-state index in [0.29, 0.717) is 5.92 Å². The van der Waals surface area contributed by atoms with E-state index in [9.17, 15) is 0 Å². The van der Waals surface area contributed by atoms with Gasteiger partial charge in [-0.05, 0) is 37.8 Å². The maximum Gasteiger partial charge on any atom is 0.0352 e. The van der Waals surface area contributed by atoms with Crippen molar-refractivity contribution >= 4 is 5.69 Å². The summed E-state index contributed by atoms with van der Waals surface area (Å²) in [5, 5.41) is 0. The Morgan fingerprint density at radius 1 is 1.19 bits per heavy atom. The van der Waals surface area contributed by atoms with Gasteiger partial charge in [0.05, 0.1) is 0 Å². The fourth-order valence-electron chi connectivity index (χ4n) is 2.18. The number of nitrogen functional groups attached to an aromatic ring is 1. The minimum absolute atomic E-state index is 0.477. The predicted octanol–water partition coefficient (Wildman–Crippen LogP) is 3.96. The van der Waals surface area contributed by atoms with Gasteiger partial charge in [0.2, 0.25) is 0 Å². The number of aryl methyl sites for hydroxylation is 1. The molecule has 0 saturated carbocycles. The van der Waals surface area contributed by atoms with Gasteiger partial charge in [0.25, 0.3) is 0 Å². The van der Waals surface area contributed by atoms with Gasteiger partial charge in [0.1, 0.15) is 0 Å². The Morgan fingerprint density at radius 2 is 2.06 bits per heavy atom. The molecular weight excluding hydrogens is 194 g/mol. The highest BCUT2D eigenvalue weighted by atomic mass is 14.6. The number of rotatable bonds is 1. The van der Waals surface area contributed by atoms with Gasteiger partial charge in [-0.3, -0.25) is 0 Å². The molecule has 1 aromatic carbocycles. The molecule has 0 heterocycles. The second kappa shape index (κ2) is 5.02. The predicted molar refractivity (Wildman–Crippen MR) is 70.5 cm³/mol. The van der Waals surface area contributed by atoms with Crippen molar-refractivity contribution in [2.45, 2.75) is 32.1 Å². The Labute approximate surface area is 97.7 Å². The Kier molecular flexibility index (Phi) is 3.45. The van der Waals surface area contributed by atoms with E-state index in [-0.39, 0.29) is 0 Å². The molecule has 0 aromatic heterocycles. The van der Waals surface area contributed by atoms with Gasteiger partial charge in [-0.1, -0.05) is 42.0 Å². The van der Waals surface area contributed by atoms with Crippen molar-refractivity contribution in [3.8, 4) is 0 Å². The molecule has 1 unspecified atom stereocenters. The largest absolute Gasteiger partial charge is 0.398 e. The van der Waals surface area contributed by atoms with Crippen LogP contribution in [0, 0.1) is 6.92 Å². The van der Waals surface area contributed by atoms with Crippen LogP contribution in [0.1, 0.15) is 36.3 Å². The lowest BCUT2D eigenvalue weighted by Crippen LogP contribution is -2.01. The lowest BCUT2D eigenvalue weighted by molar-refractivity contribution is 0.744. The minimum atomic E-state index is 0.477. The highest BCUT2D eigenvalue weighted by Crippen LogP contribution is 2.29. The fraction of sp³-hybridized carbons (Fsp3) is 0.333. The van der Waals surface area contributed by atoms with Crippen LogP contribution in [-0.4, -0.2) is 0 Å². The molecule has 1 aliphatic rings. The van der Waals surface area contributed by atoms with Crippen LogP contribution < -0.4 is 5.73 Å².